The summed E-state index contributed by atoms with van der Waals surface area (Å²) >= 11 is 0. The largest absolute Gasteiger partial charge is 0.353 e. The van der Waals surface area contributed by atoms with Gasteiger partial charge in [-0.05, 0) is 45.0 Å². The number of nitrogens with zero attached hydrogens (tertiary/aromatic N) is 3. The molecule has 7 heteroatoms. The van der Waals surface area contributed by atoms with Crippen LogP contribution in [0.1, 0.15) is 36.0 Å². The molecule has 136 valence electrons. The average Bonchev–Trinajstić information content (AvgIpc) is 2.63. The number of piperazine rings is 1. The van der Waals surface area contributed by atoms with Crippen LogP contribution in [0.4, 0.5) is 5.82 Å². The molecule has 2 fully saturated rings. The Balaban J connectivity index is 1.48. The van der Waals surface area contributed by atoms with Gasteiger partial charge in [0.15, 0.2) is 0 Å². The van der Waals surface area contributed by atoms with Crippen molar-refractivity contribution < 1.29 is 9.59 Å². The third-order valence-corrected chi connectivity index (χ3v) is 5.06. The van der Waals surface area contributed by atoms with Crippen molar-refractivity contribution in [3.63, 3.8) is 0 Å². The lowest BCUT2D eigenvalue weighted by Gasteiger charge is -2.32. The summed E-state index contributed by atoms with van der Waals surface area (Å²) < 4.78 is 0. The lowest BCUT2D eigenvalue weighted by Crippen LogP contribution is -2.48. The summed E-state index contributed by atoms with van der Waals surface area (Å²) in [6.07, 6.45) is 6.34. The molecule has 0 spiro atoms. The number of likely N-dealkylation sites (tertiary alicyclic amines) is 1. The number of carbonyl (C=O) groups is 2. The highest BCUT2D eigenvalue weighted by Crippen LogP contribution is 2.17. The van der Waals surface area contributed by atoms with Crippen molar-refractivity contribution in [2.75, 3.05) is 44.7 Å². The Bertz CT molecular complexity index is 604. The Labute approximate surface area is 148 Å². The van der Waals surface area contributed by atoms with Crippen LogP contribution in [0.3, 0.4) is 0 Å². The van der Waals surface area contributed by atoms with Crippen molar-refractivity contribution in [1.29, 1.82) is 0 Å². The minimum Gasteiger partial charge on any atom is -0.353 e. The van der Waals surface area contributed by atoms with Gasteiger partial charge in [-0.2, -0.15) is 0 Å². The van der Waals surface area contributed by atoms with Crippen LogP contribution < -0.4 is 15.5 Å². The summed E-state index contributed by atoms with van der Waals surface area (Å²) in [4.78, 5) is 32.4. The first-order valence-corrected chi connectivity index (χ1v) is 9.09. The number of rotatable bonds is 5. The maximum absolute atomic E-state index is 12.3. The summed E-state index contributed by atoms with van der Waals surface area (Å²) in [6, 6.07) is 4.15. The van der Waals surface area contributed by atoms with Gasteiger partial charge in [0.25, 0.3) is 5.91 Å². The van der Waals surface area contributed by atoms with Crippen LogP contribution in [-0.2, 0) is 4.79 Å². The van der Waals surface area contributed by atoms with Crippen molar-refractivity contribution in [1.82, 2.24) is 20.5 Å². The van der Waals surface area contributed by atoms with E-state index in [9.17, 15) is 9.59 Å². The molecule has 2 aliphatic heterocycles. The van der Waals surface area contributed by atoms with Gasteiger partial charge in [0, 0.05) is 31.9 Å². The van der Waals surface area contributed by atoms with Crippen LogP contribution in [0, 0.1) is 0 Å². The number of hydrogen-bond acceptors (Lipinski definition) is 5. The SMILES string of the molecule is CN1CCCC[C@H]1CCNC(=O)c1ccc(N2CCNC(=O)C2)nc1. The summed E-state index contributed by atoms with van der Waals surface area (Å²) in [7, 11) is 2.16. The second-order valence-corrected chi connectivity index (χ2v) is 6.85. The summed E-state index contributed by atoms with van der Waals surface area (Å²) in [6.45, 7) is 3.51. The quantitative estimate of drug-likeness (QED) is 0.818. The second kappa shape index (κ2) is 8.29. The lowest BCUT2D eigenvalue weighted by molar-refractivity contribution is -0.120. The summed E-state index contributed by atoms with van der Waals surface area (Å²) in [5, 5.41) is 5.78. The van der Waals surface area contributed by atoms with E-state index in [1.807, 2.05) is 11.0 Å². The van der Waals surface area contributed by atoms with Gasteiger partial charge in [-0.3, -0.25) is 9.59 Å². The zero-order chi connectivity index (χ0) is 17.6. The van der Waals surface area contributed by atoms with Gasteiger partial charge in [0.1, 0.15) is 5.82 Å². The molecule has 3 heterocycles. The molecule has 0 radical (unpaired) electrons. The molecule has 3 rings (SSSR count). The highest BCUT2D eigenvalue weighted by Gasteiger charge is 2.19. The molecule has 0 bridgehead atoms. The first-order valence-electron chi connectivity index (χ1n) is 9.09. The van der Waals surface area contributed by atoms with E-state index >= 15 is 0 Å². The first kappa shape index (κ1) is 17.7. The fraction of sp³-hybridized carbons (Fsp3) is 0.611. The minimum absolute atomic E-state index is 0.00236. The van der Waals surface area contributed by atoms with E-state index in [0.717, 1.165) is 25.3 Å². The van der Waals surface area contributed by atoms with Crippen molar-refractivity contribution in [3.05, 3.63) is 23.9 Å². The van der Waals surface area contributed by atoms with E-state index < -0.39 is 0 Å². The van der Waals surface area contributed by atoms with E-state index in [1.165, 1.54) is 19.3 Å². The summed E-state index contributed by atoms with van der Waals surface area (Å²) in [5.41, 5.74) is 0.558. The van der Waals surface area contributed by atoms with E-state index in [4.69, 9.17) is 0 Å². The van der Waals surface area contributed by atoms with Gasteiger partial charge in [-0.1, -0.05) is 6.42 Å². The Kier molecular flexibility index (Phi) is 5.86. The number of amides is 2. The van der Waals surface area contributed by atoms with Crippen LogP contribution >= 0.6 is 0 Å². The number of hydrogen-bond donors (Lipinski definition) is 2. The molecule has 2 aliphatic rings. The van der Waals surface area contributed by atoms with Gasteiger partial charge in [-0.15, -0.1) is 0 Å². The molecule has 0 aromatic carbocycles. The third-order valence-electron chi connectivity index (χ3n) is 5.06. The molecule has 25 heavy (non-hydrogen) atoms. The van der Waals surface area contributed by atoms with E-state index in [1.54, 1.807) is 12.3 Å². The molecular formula is C18H27N5O2. The standard InChI is InChI=1S/C18H27N5O2/c1-22-10-3-2-4-15(22)7-8-20-18(25)14-5-6-16(21-12-14)23-11-9-19-17(24)13-23/h5-6,12,15H,2-4,7-11,13H2,1H3,(H,19,24)(H,20,25)/t15-/m0/s1. The molecule has 1 aromatic heterocycles. The third kappa shape index (κ3) is 4.69. The van der Waals surface area contributed by atoms with Crippen LogP contribution in [0.2, 0.25) is 0 Å². The lowest BCUT2D eigenvalue weighted by atomic mass is 10.0. The molecular weight excluding hydrogens is 318 g/mol. The first-order chi connectivity index (χ1) is 12.1. The zero-order valence-electron chi connectivity index (χ0n) is 14.8. The molecule has 0 unspecified atom stereocenters. The molecule has 1 aromatic rings. The highest BCUT2D eigenvalue weighted by atomic mass is 16.2. The fourth-order valence-electron chi connectivity index (χ4n) is 3.50. The van der Waals surface area contributed by atoms with Crippen LogP contribution in [0.25, 0.3) is 0 Å². The average molecular weight is 345 g/mol. The maximum Gasteiger partial charge on any atom is 0.252 e. The second-order valence-electron chi connectivity index (χ2n) is 6.85. The van der Waals surface area contributed by atoms with Crippen LogP contribution in [0.15, 0.2) is 18.3 Å². The van der Waals surface area contributed by atoms with Gasteiger partial charge >= 0.3 is 0 Å². The Morgan fingerprint density at radius 1 is 1.36 bits per heavy atom. The molecule has 0 saturated carbocycles. The number of nitrogens with one attached hydrogen (secondary N) is 2. The van der Waals surface area contributed by atoms with E-state index in [2.05, 4.69) is 27.6 Å². The van der Waals surface area contributed by atoms with Gasteiger partial charge in [0.05, 0.1) is 12.1 Å². The van der Waals surface area contributed by atoms with Crippen molar-refractivity contribution in [2.24, 2.45) is 0 Å². The molecule has 7 nitrogen and oxygen atoms in total. The molecule has 2 N–H and O–H groups in total. The molecule has 1 atom stereocenters. The predicted molar refractivity (Wildman–Crippen MR) is 96.7 cm³/mol. The van der Waals surface area contributed by atoms with E-state index in [0.29, 0.717) is 31.2 Å². The van der Waals surface area contributed by atoms with Crippen molar-refractivity contribution >= 4 is 17.6 Å². The smallest absolute Gasteiger partial charge is 0.252 e. The Morgan fingerprint density at radius 3 is 2.96 bits per heavy atom. The van der Waals surface area contributed by atoms with Crippen LogP contribution in [-0.4, -0.2) is 67.5 Å². The topological polar surface area (TPSA) is 77.6 Å². The predicted octanol–water partition coefficient (Wildman–Crippen LogP) is 0.622. The van der Waals surface area contributed by atoms with Gasteiger partial charge in [0.2, 0.25) is 5.91 Å². The van der Waals surface area contributed by atoms with E-state index in [-0.39, 0.29) is 11.8 Å². The number of aromatic nitrogens is 1. The fourth-order valence-corrected chi connectivity index (χ4v) is 3.50. The zero-order valence-corrected chi connectivity index (χ0v) is 14.8. The highest BCUT2D eigenvalue weighted by molar-refractivity contribution is 5.94. The van der Waals surface area contributed by atoms with Gasteiger partial charge < -0.3 is 20.4 Å². The Morgan fingerprint density at radius 2 is 2.24 bits per heavy atom. The summed E-state index contributed by atoms with van der Waals surface area (Å²) in [5.74, 6) is 0.645. The minimum atomic E-state index is -0.0890. The van der Waals surface area contributed by atoms with Gasteiger partial charge in [-0.25, -0.2) is 4.98 Å². The molecule has 0 aliphatic carbocycles. The van der Waals surface area contributed by atoms with Crippen LogP contribution in [0.5, 0.6) is 0 Å². The monoisotopic (exact) mass is 345 g/mol. The molecule has 2 amide bonds. The number of piperidine rings is 1. The van der Waals surface area contributed by atoms with Crippen molar-refractivity contribution in [3.8, 4) is 0 Å². The number of anilines is 1. The Hall–Kier alpha value is -2.15. The molecule has 2 saturated heterocycles. The number of carbonyl (C=O) groups excluding carboxylic acids is 2. The maximum atomic E-state index is 12.3. The van der Waals surface area contributed by atoms with Crippen molar-refractivity contribution in [2.45, 2.75) is 31.7 Å². The normalized spacial score (nSPS) is 21.7. The number of pyridine rings is 1.